The summed E-state index contributed by atoms with van der Waals surface area (Å²) in [5.74, 6) is -2.81. The number of aliphatic hydroxyl groups is 1. The van der Waals surface area contributed by atoms with Crippen LogP contribution in [0.25, 0.3) is 5.57 Å². The first kappa shape index (κ1) is 105. The molecule has 7 fully saturated rings. The van der Waals surface area contributed by atoms with Gasteiger partial charge in [0.05, 0.1) is 56.9 Å². The molecule has 3 spiro atoms. The lowest BCUT2D eigenvalue weighted by atomic mass is 9.71. The summed E-state index contributed by atoms with van der Waals surface area (Å²) >= 11 is 36.3. The summed E-state index contributed by atoms with van der Waals surface area (Å²) in [6.07, 6.45) is -12.0. The van der Waals surface area contributed by atoms with Crippen molar-refractivity contribution in [1.82, 2.24) is 0 Å². The molecule has 6 aromatic carbocycles. The van der Waals surface area contributed by atoms with Crippen molar-refractivity contribution >= 4 is 116 Å². The quantitative estimate of drug-likeness (QED) is 0.0538. The Morgan fingerprint density at radius 3 is 1.06 bits per heavy atom. The number of Topliss-reactive ketones (excluding diaryl/α,β-unsaturated/α-hetero) is 1. The average Bonchev–Trinajstić information content (AvgIpc) is 1.62. The molecule has 43 heteroatoms. The van der Waals surface area contributed by atoms with E-state index in [0.717, 1.165) is 111 Å². The van der Waals surface area contributed by atoms with Gasteiger partial charge in [0.1, 0.15) is 40.3 Å². The molecule has 4 heterocycles. The molecule has 3 N–H and O–H groups in total. The van der Waals surface area contributed by atoms with E-state index in [0.29, 0.717) is 112 Å². The van der Waals surface area contributed by atoms with Gasteiger partial charge in [-0.25, -0.2) is 0 Å². The van der Waals surface area contributed by atoms with Gasteiger partial charge in [-0.15, -0.1) is 79.0 Å². The smallest absolute Gasteiger partial charge is 0.406 e. The second kappa shape index (κ2) is 44.2. The minimum Gasteiger partial charge on any atom is -0.406 e. The lowest BCUT2D eigenvalue weighted by Gasteiger charge is -2.35. The number of ketones is 1. The number of carbonyl (C=O) groups is 1. The van der Waals surface area contributed by atoms with E-state index in [4.69, 9.17) is 113 Å². The van der Waals surface area contributed by atoms with Crippen LogP contribution in [0.2, 0.25) is 30.1 Å². The number of nitrogens with two attached hydrogens (primary N) is 1. The number of benzene rings is 6. The summed E-state index contributed by atoms with van der Waals surface area (Å²) in [5.41, 5.74) is 9.78. The Bertz CT molecular complexity index is 4570. The number of hydrogen-bond donors (Lipinski definition) is 2. The van der Waals surface area contributed by atoms with Crippen LogP contribution in [0.5, 0.6) is 34.5 Å². The largest absolute Gasteiger partial charge is 0.573 e. The molecular weight excluding hydrogens is 1970 g/mol. The molecule has 0 radical (unpaired) electrons. The number of allylic oxidation sites excluding steroid dienone is 2. The molecule has 17 nitrogen and oxygen atoms in total. The molecule has 0 bridgehead atoms. The first-order valence-corrected chi connectivity index (χ1v) is 42.9. The highest BCUT2D eigenvalue weighted by Gasteiger charge is 2.54. The van der Waals surface area contributed by atoms with E-state index in [1.54, 1.807) is 24.3 Å². The Hall–Kier alpha value is -6.02. The minimum absolute atomic E-state index is 0.0620. The first-order valence-electron chi connectivity index (χ1n) is 39.5. The molecule has 702 valence electrons. The van der Waals surface area contributed by atoms with Gasteiger partial charge in [-0.2, -0.15) is 0 Å². The van der Waals surface area contributed by atoms with Gasteiger partial charge >= 0.3 is 45.3 Å². The maximum Gasteiger partial charge on any atom is 0.573 e. The van der Waals surface area contributed by atoms with Crippen LogP contribution in [-0.4, -0.2) is 130 Å². The fraction of sp³-hybridized carbons (Fsp3) is 0.512. The summed E-state index contributed by atoms with van der Waals surface area (Å²) in [6, 6.07) is 24.0. The van der Waals surface area contributed by atoms with Crippen molar-refractivity contribution in [1.29, 1.82) is 0 Å². The second-order valence-electron chi connectivity index (χ2n) is 31.4. The van der Waals surface area contributed by atoms with Crippen LogP contribution in [0.4, 0.5) is 84.7 Å². The van der Waals surface area contributed by atoms with Gasteiger partial charge in [-0.3, -0.25) is 4.79 Å². The van der Waals surface area contributed by atoms with Crippen LogP contribution in [0, 0.1) is 3.57 Å². The molecule has 4 aliphatic heterocycles. The fourth-order valence-corrected chi connectivity index (χ4v) is 17.2. The Kier molecular flexibility index (Phi) is 36.5. The lowest BCUT2D eigenvalue weighted by molar-refractivity contribution is -0.275. The van der Waals surface area contributed by atoms with Crippen LogP contribution in [0.3, 0.4) is 0 Å². The van der Waals surface area contributed by atoms with Crippen molar-refractivity contribution in [2.24, 2.45) is 0 Å². The molecule has 4 saturated heterocycles. The number of carbonyl (C=O) groups excluding carboxylic acids is 1. The van der Waals surface area contributed by atoms with Crippen LogP contribution < -0.4 is 34.2 Å². The summed E-state index contributed by atoms with van der Waals surface area (Å²) < 4.78 is 287. The Balaban J connectivity index is 0.000000169. The zero-order valence-electron chi connectivity index (χ0n) is 68.0. The standard InChI is InChI=1S/C15H16ClF3O3.C15H14ClF3O3.C14H23BO4.C13H14ClF3O2.C13H12ClF3O2.C7H3ClF3IO.C7H5ClF3NO/c2*16-12-7-11(8-13(9-12)22-15(17,18)19)10-1-3-14(4-2-10)20-5-6-21-14;1-12(2)13(3,4)19-15(18-12)11-5-7-14(8-6-11)16-9-10-17-14;2*14-10-5-9(8-1-3-11(18)4-2-8)6-12(7-10)19-13(15,16)17;2*8-4-1-5(12)3-6(2-4)13-7(9,10)11/h7-10H,1-6H2;1,7-9H,2-6H2;5H,6-10H2,1-4H3;5-8,11,18H,1-4H2;5-8H,1-4H2;1-3H;1-3H,12H2. The Labute approximate surface area is 763 Å². The van der Waals surface area contributed by atoms with E-state index < -0.39 is 55.5 Å². The molecule has 0 aromatic heterocycles. The number of halogens is 25. The van der Waals surface area contributed by atoms with E-state index in [9.17, 15) is 88.9 Å². The second-order valence-corrected chi connectivity index (χ2v) is 35.2. The van der Waals surface area contributed by atoms with Gasteiger partial charge in [0, 0.05) is 96.8 Å². The molecule has 0 atom stereocenters. The molecular formula is C84H87BCl6F18INO16. The molecule has 5 aliphatic carbocycles. The predicted molar refractivity (Wildman–Crippen MR) is 444 cm³/mol. The highest BCUT2D eigenvalue weighted by Crippen LogP contribution is 2.48. The highest BCUT2D eigenvalue weighted by molar-refractivity contribution is 14.1. The molecule has 3 saturated carbocycles. The molecule has 127 heavy (non-hydrogen) atoms. The Morgan fingerprint density at radius 1 is 0.378 bits per heavy atom. The van der Waals surface area contributed by atoms with Crippen molar-refractivity contribution in [2.75, 3.05) is 45.4 Å². The number of hydrogen-bond acceptors (Lipinski definition) is 17. The Morgan fingerprint density at radius 2 is 0.701 bits per heavy atom. The maximum absolute atomic E-state index is 12.3. The molecule has 6 aromatic rings. The summed E-state index contributed by atoms with van der Waals surface area (Å²) in [6.45, 7) is 12.1. The zero-order chi connectivity index (χ0) is 93.5. The first-order chi connectivity index (χ1) is 58.9. The fourth-order valence-electron chi connectivity index (χ4n) is 15.0. The summed E-state index contributed by atoms with van der Waals surface area (Å²) in [7, 11) is -0.219. The maximum atomic E-state index is 12.3. The summed E-state index contributed by atoms with van der Waals surface area (Å²) in [5, 5.41) is 10.6. The van der Waals surface area contributed by atoms with Crippen LogP contribution in [0.1, 0.15) is 183 Å². The minimum atomic E-state index is -4.74. The van der Waals surface area contributed by atoms with Gasteiger partial charge in [0.25, 0.3) is 0 Å². The number of nitrogen functional groups attached to an aromatic ring is 1. The topological polar surface area (TPSA) is 193 Å². The van der Waals surface area contributed by atoms with E-state index in [2.05, 4.69) is 62.2 Å². The van der Waals surface area contributed by atoms with E-state index in [-0.39, 0.29) is 118 Å². The number of alkyl halides is 18. The molecule has 9 aliphatic rings. The lowest BCUT2D eigenvalue weighted by Crippen LogP contribution is -2.41. The number of rotatable bonds is 11. The van der Waals surface area contributed by atoms with Crippen LogP contribution >= 0.6 is 92.2 Å². The van der Waals surface area contributed by atoms with Crippen molar-refractivity contribution in [3.63, 3.8) is 0 Å². The van der Waals surface area contributed by atoms with Crippen molar-refractivity contribution in [3.05, 3.63) is 183 Å². The SMILES string of the molecule is CC1(C)OB(C2=CCC3(CC2)OCCO3)OC1(C)C.FC(F)(F)Oc1cc(Cl)cc(C2=CCC3(CC2)OCCO3)c1.FC(F)(F)Oc1cc(Cl)cc(C2CCC3(CC2)OCCO3)c1.FC(F)(F)Oc1cc(Cl)cc(I)c1.Nc1cc(Cl)cc(OC(F)(F)F)c1.O=C1CCC(c2cc(Cl)cc(OC(F)(F)F)c2)CC1.OC1CCC(c2cc(Cl)cc(OC(F)(F)F)c2)CC1. The summed E-state index contributed by atoms with van der Waals surface area (Å²) in [4.78, 5) is 11.2. The highest BCUT2D eigenvalue weighted by atomic mass is 127. The molecule has 0 unspecified atom stereocenters. The van der Waals surface area contributed by atoms with Gasteiger partial charge in [-0.05, 0) is 269 Å². The van der Waals surface area contributed by atoms with E-state index >= 15 is 0 Å². The number of ether oxygens (including phenoxy) is 12. The van der Waals surface area contributed by atoms with Gasteiger partial charge in [0.2, 0.25) is 0 Å². The third-order valence-corrected chi connectivity index (χ3v) is 23.3. The number of anilines is 1. The number of aliphatic hydroxyl groups excluding tert-OH is 1. The average molecular weight is 2060 g/mol. The van der Waals surface area contributed by atoms with Crippen LogP contribution in [0.15, 0.2) is 127 Å². The van der Waals surface area contributed by atoms with Crippen molar-refractivity contribution in [3.8, 4) is 34.5 Å². The third kappa shape index (κ3) is 35.2. The van der Waals surface area contributed by atoms with Crippen LogP contribution in [-0.2, 0) is 42.5 Å². The third-order valence-electron chi connectivity index (χ3n) is 21.4. The molecule has 15 rings (SSSR count). The van der Waals surface area contributed by atoms with E-state index in [1.165, 1.54) is 54.0 Å². The van der Waals surface area contributed by atoms with Crippen molar-refractivity contribution in [2.45, 2.75) is 234 Å². The molecule has 0 amide bonds. The van der Waals surface area contributed by atoms with Crippen molar-refractivity contribution < 1.29 is 155 Å². The monoisotopic (exact) mass is 2060 g/mol. The zero-order valence-corrected chi connectivity index (χ0v) is 74.7. The van der Waals surface area contributed by atoms with E-state index in [1.807, 2.05) is 28.7 Å². The van der Waals surface area contributed by atoms with Gasteiger partial charge in [-0.1, -0.05) is 81.8 Å². The normalized spacial score (nSPS) is 20.8. The van der Waals surface area contributed by atoms with Gasteiger partial charge < -0.3 is 77.0 Å². The van der Waals surface area contributed by atoms with Gasteiger partial charge in [0.15, 0.2) is 17.4 Å². The predicted octanol–water partition coefficient (Wildman–Crippen LogP) is 27.0.